The molecule has 2 aromatic rings. The van der Waals surface area contributed by atoms with Crippen molar-refractivity contribution in [2.24, 2.45) is 4.99 Å². The monoisotopic (exact) mass is 316 g/mol. The van der Waals surface area contributed by atoms with E-state index in [1.54, 1.807) is 7.05 Å². The second-order valence-corrected chi connectivity index (χ2v) is 5.50. The normalized spacial score (nSPS) is 11.8. The molecule has 0 unspecified atom stereocenters. The van der Waals surface area contributed by atoms with Gasteiger partial charge in [-0.25, -0.2) is 0 Å². The van der Waals surface area contributed by atoms with Crippen LogP contribution in [0, 0.1) is 0 Å². The van der Waals surface area contributed by atoms with Gasteiger partial charge < -0.3 is 20.4 Å². The third-order valence-corrected chi connectivity index (χ3v) is 3.77. The van der Waals surface area contributed by atoms with Crippen LogP contribution in [0.25, 0.3) is 10.9 Å². The number of fused-ring (bicyclic) bond motifs is 1. The summed E-state index contributed by atoms with van der Waals surface area (Å²) in [7, 11) is 1.79. The Kier molecular flexibility index (Phi) is 7.46. The van der Waals surface area contributed by atoms with Crippen LogP contribution < -0.4 is 10.6 Å². The number of guanidine groups is 1. The van der Waals surface area contributed by atoms with E-state index < -0.39 is 0 Å². The van der Waals surface area contributed by atoms with Gasteiger partial charge in [0.25, 0.3) is 0 Å². The number of aliphatic imine (C=N–C) groups is 1. The molecule has 5 nitrogen and oxygen atoms in total. The van der Waals surface area contributed by atoms with E-state index in [1.165, 1.54) is 22.9 Å². The molecule has 0 bridgehead atoms. The molecule has 0 aliphatic rings. The zero-order valence-corrected chi connectivity index (χ0v) is 14.2. The van der Waals surface area contributed by atoms with Crippen LogP contribution in [0.3, 0.4) is 0 Å². The number of unbranched alkanes of at least 4 members (excludes halogenated alkanes) is 1. The molecular formula is C18H28N4O. The molecule has 1 heterocycles. The highest BCUT2D eigenvalue weighted by molar-refractivity contribution is 5.83. The Morgan fingerprint density at radius 1 is 1.17 bits per heavy atom. The molecule has 0 fully saturated rings. The lowest BCUT2D eigenvalue weighted by Crippen LogP contribution is -2.39. The Bertz CT molecular complexity index is 606. The number of rotatable bonds is 9. The SMILES string of the molecule is CCCCOCCNC(=NC)NCCc1c[nH]c2ccccc12. The number of aromatic nitrogens is 1. The Morgan fingerprint density at radius 3 is 2.83 bits per heavy atom. The number of nitrogens with zero attached hydrogens (tertiary/aromatic N) is 1. The second kappa shape index (κ2) is 9.90. The van der Waals surface area contributed by atoms with E-state index in [0.29, 0.717) is 6.61 Å². The molecule has 0 amide bonds. The summed E-state index contributed by atoms with van der Waals surface area (Å²) >= 11 is 0. The second-order valence-electron chi connectivity index (χ2n) is 5.50. The lowest BCUT2D eigenvalue weighted by molar-refractivity contribution is 0.136. The largest absolute Gasteiger partial charge is 0.380 e. The van der Waals surface area contributed by atoms with Crippen LogP contribution in [0.1, 0.15) is 25.3 Å². The van der Waals surface area contributed by atoms with Gasteiger partial charge in [0.2, 0.25) is 0 Å². The molecule has 0 atom stereocenters. The highest BCUT2D eigenvalue weighted by Crippen LogP contribution is 2.17. The van der Waals surface area contributed by atoms with E-state index in [2.05, 4.69) is 58.0 Å². The number of H-pyrrole nitrogens is 1. The molecule has 5 heteroatoms. The van der Waals surface area contributed by atoms with Crippen LogP contribution >= 0.6 is 0 Å². The van der Waals surface area contributed by atoms with Gasteiger partial charge in [-0.1, -0.05) is 31.5 Å². The van der Waals surface area contributed by atoms with Crippen molar-refractivity contribution in [3.63, 3.8) is 0 Å². The summed E-state index contributed by atoms with van der Waals surface area (Å²) in [5.74, 6) is 0.823. The van der Waals surface area contributed by atoms with Crippen molar-refractivity contribution in [1.82, 2.24) is 15.6 Å². The van der Waals surface area contributed by atoms with Crippen LogP contribution in [0.15, 0.2) is 35.5 Å². The summed E-state index contributed by atoms with van der Waals surface area (Å²) in [6.07, 6.45) is 5.34. The summed E-state index contributed by atoms with van der Waals surface area (Å²) < 4.78 is 5.53. The molecular weight excluding hydrogens is 288 g/mol. The van der Waals surface area contributed by atoms with Crippen LogP contribution in [-0.4, -0.2) is 44.3 Å². The fraction of sp³-hybridized carbons (Fsp3) is 0.500. The highest BCUT2D eigenvalue weighted by atomic mass is 16.5. The van der Waals surface area contributed by atoms with Crippen molar-refractivity contribution in [3.05, 3.63) is 36.0 Å². The fourth-order valence-electron chi connectivity index (χ4n) is 2.46. The number of para-hydroxylation sites is 1. The smallest absolute Gasteiger partial charge is 0.191 e. The maximum absolute atomic E-state index is 5.53. The van der Waals surface area contributed by atoms with Crippen LogP contribution in [-0.2, 0) is 11.2 Å². The zero-order chi connectivity index (χ0) is 16.3. The lowest BCUT2D eigenvalue weighted by atomic mass is 10.1. The molecule has 3 N–H and O–H groups in total. The molecule has 126 valence electrons. The summed E-state index contributed by atoms with van der Waals surface area (Å²) in [4.78, 5) is 7.54. The van der Waals surface area contributed by atoms with E-state index >= 15 is 0 Å². The Morgan fingerprint density at radius 2 is 2.00 bits per heavy atom. The number of aromatic amines is 1. The van der Waals surface area contributed by atoms with Crippen molar-refractivity contribution in [1.29, 1.82) is 0 Å². The summed E-state index contributed by atoms with van der Waals surface area (Å²) in [6.45, 7) is 5.34. The quantitative estimate of drug-likeness (QED) is 0.379. The topological polar surface area (TPSA) is 61.4 Å². The number of ether oxygens (including phenoxy) is 1. The van der Waals surface area contributed by atoms with Gasteiger partial charge in [-0.2, -0.15) is 0 Å². The predicted molar refractivity (Wildman–Crippen MR) is 97.1 cm³/mol. The molecule has 0 saturated carbocycles. The lowest BCUT2D eigenvalue weighted by Gasteiger charge is -2.11. The van der Waals surface area contributed by atoms with Gasteiger partial charge in [0.15, 0.2) is 5.96 Å². The van der Waals surface area contributed by atoms with Gasteiger partial charge in [0.1, 0.15) is 0 Å². The van der Waals surface area contributed by atoms with Crippen LogP contribution in [0.4, 0.5) is 0 Å². The molecule has 0 saturated heterocycles. The fourth-order valence-corrected chi connectivity index (χ4v) is 2.46. The first-order chi connectivity index (χ1) is 11.3. The van der Waals surface area contributed by atoms with Crippen molar-refractivity contribution >= 4 is 16.9 Å². The van der Waals surface area contributed by atoms with Gasteiger partial charge in [0.05, 0.1) is 6.61 Å². The number of hydrogen-bond acceptors (Lipinski definition) is 2. The minimum Gasteiger partial charge on any atom is -0.380 e. The predicted octanol–water partition coefficient (Wildman–Crippen LogP) is 2.69. The van der Waals surface area contributed by atoms with Crippen LogP contribution in [0.5, 0.6) is 0 Å². The molecule has 1 aromatic carbocycles. The Labute approximate surface area is 138 Å². The van der Waals surface area contributed by atoms with Gasteiger partial charge in [-0.05, 0) is 24.5 Å². The standard InChI is InChI=1S/C18H28N4O/c1-3-4-12-23-13-11-21-18(19-2)20-10-9-15-14-22-17-8-6-5-7-16(15)17/h5-8,14,22H,3-4,9-13H2,1-2H3,(H2,19,20,21). The average molecular weight is 316 g/mol. The Balaban J connectivity index is 1.67. The Hall–Kier alpha value is -2.01. The first kappa shape index (κ1) is 17.3. The minimum atomic E-state index is 0.711. The maximum atomic E-state index is 5.53. The molecule has 2 rings (SSSR count). The molecule has 0 aliphatic heterocycles. The maximum Gasteiger partial charge on any atom is 0.191 e. The molecule has 1 aromatic heterocycles. The van der Waals surface area contributed by atoms with E-state index in [-0.39, 0.29) is 0 Å². The first-order valence-corrected chi connectivity index (χ1v) is 8.42. The summed E-state index contributed by atoms with van der Waals surface area (Å²) in [5, 5.41) is 7.91. The number of benzene rings is 1. The van der Waals surface area contributed by atoms with Crippen LogP contribution in [0.2, 0.25) is 0 Å². The van der Waals surface area contributed by atoms with Crippen molar-refractivity contribution in [2.45, 2.75) is 26.2 Å². The van der Waals surface area contributed by atoms with Gasteiger partial charge in [-0.3, -0.25) is 4.99 Å². The molecule has 0 spiro atoms. The van der Waals surface area contributed by atoms with Crippen molar-refractivity contribution in [3.8, 4) is 0 Å². The first-order valence-electron chi connectivity index (χ1n) is 8.42. The molecule has 0 aliphatic carbocycles. The average Bonchev–Trinajstić information content (AvgIpc) is 2.99. The van der Waals surface area contributed by atoms with E-state index in [4.69, 9.17) is 4.74 Å². The highest BCUT2D eigenvalue weighted by Gasteiger charge is 2.03. The van der Waals surface area contributed by atoms with Crippen molar-refractivity contribution < 1.29 is 4.74 Å². The van der Waals surface area contributed by atoms with Gasteiger partial charge in [-0.15, -0.1) is 0 Å². The molecule has 23 heavy (non-hydrogen) atoms. The zero-order valence-electron chi connectivity index (χ0n) is 14.2. The molecule has 0 radical (unpaired) electrons. The van der Waals surface area contributed by atoms with Gasteiger partial charge in [0, 0.05) is 43.8 Å². The number of hydrogen-bond donors (Lipinski definition) is 3. The van der Waals surface area contributed by atoms with E-state index in [0.717, 1.165) is 38.5 Å². The third kappa shape index (κ3) is 5.60. The summed E-state index contributed by atoms with van der Waals surface area (Å²) in [6, 6.07) is 8.38. The van der Waals surface area contributed by atoms with Crippen molar-refractivity contribution in [2.75, 3.05) is 33.4 Å². The number of nitrogens with one attached hydrogen (secondary N) is 3. The van der Waals surface area contributed by atoms with Gasteiger partial charge >= 0.3 is 0 Å². The summed E-state index contributed by atoms with van der Waals surface area (Å²) in [5.41, 5.74) is 2.51. The van der Waals surface area contributed by atoms with E-state index in [1.807, 2.05) is 0 Å². The minimum absolute atomic E-state index is 0.711. The third-order valence-electron chi connectivity index (χ3n) is 3.77. The van der Waals surface area contributed by atoms with E-state index in [9.17, 15) is 0 Å².